The summed E-state index contributed by atoms with van der Waals surface area (Å²) in [6.07, 6.45) is 0. The molecule has 1 heterocycles. The molecule has 6 heteroatoms. The molecule has 1 aromatic heterocycles. The molecule has 102 valence electrons. The van der Waals surface area contributed by atoms with Crippen LogP contribution < -0.4 is 5.73 Å². The van der Waals surface area contributed by atoms with Gasteiger partial charge in [-0.05, 0) is 36.8 Å². The Morgan fingerprint density at radius 2 is 2.22 bits per heavy atom. The normalized spacial score (nSPS) is 13.0. The van der Waals surface area contributed by atoms with Gasteiger partial charge in [-0.2, -0.15) is 5.10 Å². The Morgan fingerprint density at radius 3 is 2.72 bits per heavy atom. The second kappa shape index (κ2) is 6.63. The molecule has 0 aliphatic heterocycles. The average Bonchev–Trinajstić information content (AvgIpc) is 2.56. The number of aryl methyl sites for hydroxylation is 2. The zero-order valence-electron chi connectivity index (χ0n) is 11.4. The maximum atomic E-state index is 5.65. The minimum Gasteiger partial charge on any atom is -0.393 e. The standard InChI is InChI=1S/C12H21BrN4S/c1-5-17-10(11(13)9(3)15-17)7-16(4)6-8(2)12(14)18/h8H,5-7H2,1-4H3,(H2,14,18). The highest BCUT2D eigenvalue weighted by atomic mass is 79.9. The Balaban J connectivity index is 2.75. The summed E-state index contributed by atoms with van der Waals surface area (Å²) in [5.74, 6) is 0.225. The van der Waals surface area contributed by atoms with Crippen LogP contribution in [0.5, 0.6) is 0 Å². The molecule has 0 bridgehead atoms. The van der Waals surface area contributed by atoms with Gasteiger partial charge in [0.2, 0.25) is 0 Å². The maximum absolute atomic E-state index is 5.65. The van der Waals surface area contributed by atoms with E-state index in [-0.39, 0.29) is 5.92 Å². The van der Waals surface area contributed by atoms with E-state index < -0.39 is 0 Å². The number of nitrogens with zero attached hydrogens (tertiary/aromatic N) is 3. The molecular weight excluding hydrogens is 312 g/mol. The predicted octanol–water partition coefficient (Wildman–Crippen LogP) is 2.33. The number of aromatic nitrogens is 2. The molecule has 4 nitrogen and oxygen atoms in total. The summed E-state index contributed by atoms with van der Waals surface area (Å²) in [5, 5.41) is 4.49. The molecule has 1 unspecified atom stereocenters. The van der Waals surface area contributed by atoms with Crippen LogP contribution in [0.2, 0.25) is 0 Å². The Bertz CT molecular complexity index is 430. The summed E-state index contributed by atoms with van der Waals surface area (Å²) in [6.45, 7) is 8.73. The van der Waals surface area contributed by atoms with Crippen molar-refractivity contribution in [1.82, 2.24) is 14.7 Å². The Morgan fingerprint density at radius 1 is 1.61 bits per heavy atom. The van der Waals surface area contributed by atoms with Crippen molar-refractivity contribution in [2.75, 3.05) is 13.6 Å². The highest BCUT2D eigenvalue weighted by molar-refractivity contribution is 9.10. The van der Waals surface area contributed by atoms with Crippen molar-refractivity contribution in [1.29, 1.82) is 0 Å². The van der Waals surface area contributed by atoms with Crippen LogP contribution >= 0.6 is 28.1 Å². The van der Waals surface area contributed by atoms with Crippen molar-refractivity contribution >= 4 is 33.1 Å². The molecule has 1 atom stereocenters. The number of halogens is 1. The van der Waals surface area contributed by atoms with Gasteiger partial charge in [-0.1, -0.05) is 19.1 Å². The van der Waals surface area contributed by atoms with E-state index in [1.165, 1.54) is 5.69 Å². The first kappa shape index (κ1) is 15.6. The summed E-state index contributed by atoms with van der Waals surface area (Å²) in [5.41, 5.74) is 7.88. The Kier molecular flexibility index (Phi) is 5.75. The fraction of sp³-hybridized carbons (Fsp3) is 0.667. The van der Waals surface area contributed by atoms with Crippen LogP contribution in [0.15, 0.2) is 4.47 Å². The third kappa shape index (κ3) is 3.76. The van der Waals surface area contributed by atoms with E-state index in [1.807, 2.05) is 11.6 Å². The molecule has 1 rings (SSSR count). The van der Waals surface area contributed by atoms with Crippen molar-refractivity contribution in [3.63, 3.8) is 0 Å². The minimum atomic E-state index is 0.225. The van der Waals surface area contributed by atoms with Gasteiger partial charge in [-0.15, -0.1) is 0 Å². The number of thiocarbonyl (C=S) groups is 1. The second-order valence-electron chi connectivity index (χ2n) is 4.66. The summed E-state index contributed by atoms with van der Waals surface area (Å²) in [7, 11) is 2.07. The van der Waals surface area contributed by atoms with Gasteiger partial charge in [0, 0.05) is 25.6 Å². The van der Waals surface area contributed by atoms with Crippen molar-refractivity contribution in [3.8, 4) is 0 Å². The SMILES string of the molecule is CCn1nc(C)c(Br)c1CN(C)CC(C)C(N)=S. The highest BCUT2D eigenvalue weighted by Crippen LogP contribution is 2.22. The highest BCUT2D eigenvalue weighted by Gasteiger charge is 2.15. The maximum Gasteiger partial charge on any atom is 0.0768 e. The van der Waals surface area contributed by atoms with Gasteiger partial charge >= 0.3 is 0 Å². The Hall–Kier alpha value is -0.460. The monoisotopic (exact) mass is 332 g/mol. The van der Waals surface area contributed by atoms with E-state index in [0.717, 1.165) is 29.8 Å². The summed E-state index contributed by atoms with van der Waals surface area (Å²) in [6, 6.07) is 0. The largest absolute Gasteiger partial charge is 0.393 e. The first-order valence-corrected chi connectivity index (χ1v) is 7.26. The molecule has 0 saturated heterocycles. The lowest BCUT2D eigenvalue weighted by atomic mass is 10.1. The fourth-order valence-corrected chi connectivity index (χ4v) is 2.38. The summed E-state index contributed by atoms with van der Waals surface area (Å²) in [4.78, 5) is 2.79. The number of nitrogens with two attached hydrogens (primary N) is 1. The van der Waals surface area contributed by atoms with E-state index >= 15 is 0 Å². The average molecular weight is 333 g/mol. The smallest absolute Gasteiger partial charge is 0.0768 e. The molecule has 1 aromatic rings. The van der Waals surface area contributed by atoms with Gasteiger partial charge in [0.05, 0.1) is 20.8 Å². The summed E-state index contributed by atoms with van der Waals surface area (Å²) < 4.78 is 3.13. The van der Waals surface area contributed by atoms with Crippen LogP contribution in [-0.4, -0.2) is 33.3 Å². The van der Waals surface area contributed by atoms with E-state index in [4.69, 9.17) is 18.0 Å². The summed E-state index contributed by atoms with van der Waals surface area (Å²) >= 11 is 8.61. The van der Waals surface area contributed by atoms with Gasteiger partial charge < -0.3 is 5.73 Å². The topological polar surface area (TPSA) is 47.1 Å². The van der Waals surface area contributed by atoms with Crippen LogP contribution in [-0.2, 0) is 13.1 Å². The lowest BCUT2D eigenvalue weighted by Crippen LogP contribution is -2.31. The van der Waals surface area contributed by atoms with E-state index in [2.05, 4.69) is 46.8 Å². The van der Waals surface area contributed by atoms with E-state index in [9.17, 15) is 0 Å². The number of rotatable bonds is 6. The van der Waals surface area contributed by atoms with Crippen LogP contribution in [0.3, 0.4) is 0 Å². The molecule has 0 radical (unpaired) electrons. The molecule has 0 spiro atoms. The van der Waals surface area contributed by atoms with E-state index in [0.29, 0.717) is 4.99 Å². The van der Waals surface area contributed by atoms with Gasteiger partial charge in [0.1, 0.15) is 0 Å². The first-order chi connectivity index (χ1) is 8.36. The molecule has 0 amide bonds. The van der Waals surface area contributed by atoms with Crippen LogP contribution in [0.4, 0.5) is 0 Å². The van der Waals surface area contributed by atoms with E-state index in [1.54, 1.807) is 0 Å². The predicted molar refractivity (Wildman–Crippen MR) is 82.6 cm³/mol. The molecular formula is C12H21BrN4S. The first-order valence-electron chi connectivity index (χ1n) is 6.06. The van der Waals surface area contributed by atoms with Crippen LogP contribution in [0.1, 0.15) is 25.2 Å². The molecule has 0 aliphatic carbocycles. The lowest BCUT2D eigenvalue weighted by Gasteiger charge is -2.21. The van der Waals surface area contributed by atoms with Crippen molar-refractivity contribution in [2.24, 2.45) is 11.7 Å². The van der Waals surface area contributed by atoms with Crippen LogP contribution in [0, 0.1) is 12.8 Å². The molecule has 0 aliphatic rings. The van der Waals surface area contributed by atoms with Gasteiger partial charge in [-0.3, -0.25) is 9.58 Å². The quantitative estimate of drug-likeness (QED) is 0.812. The zero-order chi connectivity index (χ0) is 13.9. The molecule has 18 heavy (non-hydrogen) atoms. The fourth-order valence-electron chi connectivity index (χ4n) is 1.90. The van der Waals surface area contributed by atoms with Gasteiger partial charge in [0.25, 0.3) is 0 Å². The van der Waals surface area contributed by atoms with Gasteiger partial charge in [-0.25, -0.2) is 0 Å². The third-order valence-electron chi connectivity index (χ3n) is 2.94. The lowest BCUT2D eigenvalue weighted by molar-refractivity contribution is 0.297. The van der Waals surface area contributed by atoms with Crippen molar-refractivity contribution < 1.29 is 0 Å². The molecule has 2 N–H and O–H groups in total. The van der Waals surface area contributed by atoms with Gasteiger partial charge in [0.15, 0.2) is 0 Å². The molecule has 0 saturated carbocycles. The zero-order valence-corrected chi connectivity index (χ0v) is 13.8. The van der Waals surface area contributed by atoms with Crippen molar-refractivity contribution in [3.05, 3.63) is 15.9 Å². The van der Waals surface area contributed by atoms with Crippen molar-refractivity contribution in [2.45, 2.75) is 33.9 Å². The molecule has 0 fully saturated rings. The van der Waals surface area contributed by atoms with Crippen LogP contribution in [0.25, 0.3) is 0 Å². The number of hydrogen-bond acceptors (Lipinski definition) is 3. The number of hydrogen-bond donors (Lipinski definition) is 1. The second-order valence-corrected chi connectivity index (χ2v) is 5.93. The minimum absolute atomic E-state index is 0.225. The Labute approximate surface area is 123 Å². The third-order valence-corrected chi connectivity index (χ3v) is 4.38. The molecule has 0 aromatic carbocycles.